The number of nitrogens with zero attached hydrogens (tertiary/aromatic N) is 3. The highest BCUT2D eigenvalue weighted by molar-refractivity contribution is 5.69. The smallest absolute Gasteiger partial charge is 0.530 e. The lowest BCUT2D eigenvalue weighted by Crippen LogP contribution is -2.48. The first kappa shape index (κ1) is 10.4. The van der Waals surface area contributed by atoms with Crippen LogP contribution in [0.15, 0.2) is 0 Å². The van der Waals surface area contributed by atoms with E-state index in [4.69, 9.17) is 11.5 Å². The van der Waals surface area contributed by atoms with E-state index >= 15 is 0 Å². The second kappa shape index (κ2) is 3.47. The van der Waals surface area contributed by atoms with E-state index in [2.05, 4.69) is 0 Å². The fourth-order valence-electron chi connectivity index (χ4n) is 1.85. The van der Waals surface area contributed by atoms with Gasteiger partial charge in [0.15, 0.2) is 0 Å². The van der Waals surface area contributed by atoms with E-state index in [9.17, 15) is 15.5 Å². The van der Waals surface area contributed by atoms with Crippen molar-refractivity contribution < 1.29 is 14.6 Å². The summed E-state index contributed by atoms with van der Waals surface area (Å²) < 4.78 is 0.0336. The van der Waals surface area contributed by atoms with Crippen LogP contribution in [0.3, 0.4) is 0 Å². The van der Waals surface area contributed by atoms with E-state index in [1.807, 2.05) is 0 Å². The maximum atomic E-state index is 11.6. The molecule has 8 heteroatoms. The number of hydrogen-bond donors (Lipinski definition) is 3. The van der Waals surface area contributed by atoms with Crippen molar-refractivity contribution in [2.24, 2.45) is 0 Å². The van der Waals surface area contributed by atoms with E-state index in [1.165, 1.54) is 0 Å². The monoisotopic (exact) mass is 227 g/mol. The van der Waals surface area contributed by atoms with Crippen molar-refractivity contribution in [2.75, 3.05) is 29.5 Å². The molecule has 2 heterocycles. The van der Waals surface area contributed by atoms with Crippen molar-refractivity contribution in [3.63, 3.8) is 0 Å². The molecule has 8 nitrogen and oxygen atoms in total. The zero-order chi connectivity index (χ0) is 11.9. The first-order chi connectivity index (χ1) is 7.54. The topological polar surface area (TPSA) is 129 Å². The maximum Gasteiger partial charge on any atom is 0.530 e. The van der Waals surface area contributed by atoms with Gasteiger partial charge in [0.05, 0.1) is 0 Å². The summed E-state index contributed by atoms with van der Waals surface area (Å²) in [7, 11) is 0. The van der Waals surface area contributed by atoms with Crippen molar-refractivity contribution in [1.82, 2.24) is 0 Å². The minimum Gasteiger partial charge on any atom is -0.675 e. The molecule has 0 aromatic carbocycles. The molecule has 0 amide bonds. The lowest BCUT2D eigenvalue weighted by atomic mass is 10.4. The Balaban J connectivity index is 2.59. The zero-order valence-corrected chi connectivity index (χ0v) is 8.59. The fraction of sp³-hybridized carbons (Fsp3) is 0.500. The van der Waals surface area contributed by atoms with Crippen LogP contribution < -0.4 is 25.8 Å². The van der Waals surface area contributed by atoms with E-state index in [1.54, 1.807) is 4.90 Å². The summed E-state index contributed by atoms with van der Waals surface area (Å²) >= 11 is 0. The van der Waals surface area contributed by atoms with Gasteiger partial charge in [0.2, 0.25) is 5.69 Å². The Bertz CT molecular complexity index is 401. The Morgan fingerprint density at radius 1 is 1.12 bits per heavy atom. The molecular weight excluding hydrogens is 214 g/mol. The number of nitrogens with two attached hydrogens (primary N) is 2. The predicted octanol–water partition coefficient (Wildman–Crippen LogP) is -1.58. The van der Waals surface area contributed by atoms with Crippen molar-refractivity contribution in [3.05, 3.63) is 10.4 Å². The summed E-state index contributed by atoms with van der Waals surface area (Å²) in [5, 5.41) is 32.1. The Kier molecular flexibility index (Phi) is 2.26. The van der Waals surface area contributed by atoms with Crippen LogP contribution in [0.5, 0.6) is 6.01 Å². The molecule has 1 aromatic rings. The van der Waals surface area contributed by atoms with Crippen LogP contribution in [0, 0.1) is 10.4 Å². The molecule has 1 fully saturated rings. The highest BCUT2D eigenvalue weighted by Gasteiger charge is 2.30. The van der Waals surface area contributed by atoms with Crippen LogP contribution in [0.25, 0.3) is 0 Å². The summed E-state index contributed by atoms with van der Waals surface area (Å²) in [6, 6.07) is -1.01. The van der Waals surface area contributed by atoms with E-state index in [0.29, 0.717) is 13.1 Å². The molecule has 0 bridgehead atoms. The van der Waals surface area contributed by atoms with Gasteiger partial charge >= 0.3 is 11.8 Å². The molecule has 0 atom stereocenters. The Hall–Kier alpha value is -2.12. The van der Waals surface area contributed by atoms with Crippen LogP contribution in [0.1, 0.15) is 12.8 Å². The van der Waals surface area contributed by atoms with E-state index < -0.39 is 6.01 Å². The Labute approximate surface area is 91.5 Å². The Morgan fingerprint density at radius 2 is 1.69 bits per heavy atom. The van der Waals surface area contributed by atoms with Crippen LogP contribution in [-0.2, 0) is 0 Å². The molecule has 1 aromatic heterocycles. The fourth-order valence-corrected chi connectivity index (χ4v) is 1.85. The van der Waals surface area contributed by atoms with Crippen molar-refractivity contribution in [3.8, 4) is 6.01 Å². The van der Waals surface area contributed by atoms with E-state index in [-0.39, 0.29) is 26.8 Å². The van der Waals surface area contributed by atoms with Gasteiger partial charge in [0.1, 0.15) is 0 Å². The number of rotatable bonds is 1. The summed E-state index contributed by atoms with van der Waals surface area (Å²) in [6.07, 6.45) is 1.87. The number of nitrogen functional groups attached to an aromatic ring is 2. The largest absolute Gasteiger partial charge is 0.675 e. The molecule has 5 N–H and O–H groups in total. The molecular formula is C8H13N5O3. The maximum absolute atomic E-state index is 11.6. The van der Waals surface area contributed by atoms with Gasteiger partial charge in [-0.3, -0.25) is 5.73 Å². The van der Waals surface area contributed by atoms with E-state index in [0.717, 1.165) is 12.8 Å². The van der Waals surface area contributed by atoms with Crippen molar-refractivity contribution in [2.45, 2.75) is 12.8 Å². The van der Waals surface area contributed by atoms with Crippen LogP contribution in [0.2, 0.25) is 0 Å². The van der Waals surface area contributed by atoms with Crippen LogP contribution in [0.4, 0.5) is 17.3 Å². The van der Waals surface area contributed by atoms with Crippen LogP contribution in [-0.4, -0.2) is 18.2 Å². The number of aromatic nitrogens is 2. The van der Waals surface area contributed by atoms with Gasteiger partial charge in [0.25, 0.3) is 5.82 Å². The number of aromatic hydroxyl groups is 1. The third kappa shape index (κ3) is 1.30. The molecule has 16 heavy (non-hydrogen) atoms. The van der Waals surface area contributed by atoms with Crippen LogP contribution >= 0.6 is 0 Å². The van der Waals surface area contributed by atoms with Crippen molar-refractivity contribution >= 4 is 17.3 Å². The molecule has 0 radical (unpaired) electrons. The average molecular weight is 227 g/mol. The summed E-state index contributed by atoms with van der Waals surface area (Å²) in [6.45, 7) is 1.32. The summed E-state index contributed by atoms with van der Waals surface area (Å²) in [5.74, 6) is -0.300. The first-order valence-electron chi connectivity index (χ1n) is 4.92. The van der Waals surface area contributed by atoms with Gasteiger partial charge in [-0.1, -0.05) is 0 Å². The van der Waals surface area contributed by atoms with Crippen molar-refractivity contribution in [1.29, 1.82) is 0 Å². The summed E-state index contributed by atoms with van der Waals surface area (Å²) in [4.78, 5) is 1.71. The lowest BCUT2D eigenvalue weighted by Gasteiger charge is -2.20. The molecule has 0 saturated carbocycles. The minimum absolute atomic E-state index is 0.0552. The van der Waals surface area contributed by atoms with Gasteiger partial charge in [-0.05, 0) is 12.8 Å². The second-order valence-electron chi connectivity index (χ2n) is 3.71. The second-order valence-corrected chi connectivity index (χ2v) is 3.71. The molecule has 0 aliphatic carbocycles. The lowest BCUT2D eigenvalue weighted by molar-refractivity contribution is -0.738. The molecule has 1 aliphatic rings. The molecule has 0 spiro atoms. The quantitative estimate of drug-likeness (QED) is 0.392. The SMILES string of the molecule is Nc1c(N)[n+]([O-])c(O)[n+]([O-])c1N1CCCC1. The predicted molar refractivity (Wildman–Crippen MR) is 56.3 cm³/mol. The highest BCUT2D eigenvalue weighted by Crippen LogP contribution is 2.26. The third-order valence-corrected chi connectivity index (χ3v) is 2.70. The molecule has 88 valence electrons. The highest BCUT2D eigenvalue weighted by atomic mass is 16.5. The van der Waals surface area contributed by atoms with Gasteiger partial charge in [0, 0.05) is 13.1 Å². The molecule has 1 saturated heterocycles. The summed E-state index contributed by atoms with van der Waals surface area (Å²) in [5.41, 5.74) is 10.9. The van der Waals surface area contributed by atoms with Gasteiger partial charge in [-0.15, -0.1) is 9.46 Å². The Morgan fingerprint density at radius 3 is 2.25 bits per heavy atom. The number of hydrogen-bond acceptors (Lipinski definition) is 6. The first-order valence-corrected chi connectivity index (χ1v) is 4.92. The minimum atomic E-state index is -1.01. The van der Waals surface area contributed by atoms with Gasteiger partial charge in [-0.2, -0.15) is 0 Å². The number of anilines is 3. The molecule has 2 rings (SSSR count). The van der Waals surface area contributed by atoms with Gasteiger partial charge < -0.3 is 26.2 Å². The molecule has 1 aliphatic heterocycles. The van der Waals surface area contributed by atoms with Gasteiger partial charge in [-0.25, -0.2) is 0 Å². The third-order valence-electron chi connectivity index (χ3n) is 2.70. The molecule has 0 unspecified atom stereocenters. The standard InChI is InChI=1S/C8H13N5O3/c9-5-6(10)12(15)8(14)13(16)7(5)11-3-1-2-4-11/h14H,1-4,9-10H2. The normalized spacial score (nSPS) is 15.6. The zero-order valence-electron chi connectivity index (χ0n) is 8.59. The average Bonchev–Trinajstić information content (AvgIpc) is 2.77.